The lowest BCUT2D eigenvalue weighted by atomic mass is 10.0. The summed E-state index contributed by atoms with van der Waals surface area (Å²) in [6.07, 6.45) is 55.6. The third-order valence-corrected chi connectivity index (χ3v) is 11.0. The zero-order chi connectivity index (χ0) is 42.4. The zero-order valence-electron chi connectivity index (χ0n) is 38.2. The predicted molar refractivity (Wildman–Crippen MR) is 250 cm³/mol. The number of aliphatic hydroxyl groups excluding tert-OH is 2. The van der Waals surface area contributed by atoms with Crippen LogP contribution in [0, 0.1) is 0 Å². The third-order valence-electron chi connectivity index (χ3n) is 11.0. The molecule has 0 heterocycles. The minimum atomic E-state index is -0.790. The van der Waals surface area contributed by atoms with Crippen molar-refractivity contribution in [2.24, 2.45) is 0 Å². The van der Waals surface area contributed by atoms with Gasteiger partial charge in [0, 0.05) is 6.42 Å². The van der Waals surface area contributed by atoms with Gasteiger partial charge in [-0.3, -0.25) is 9.59 Å². The van der Waals surface area contributed by atoms with E-state index in [2.05, 4.69) is 62.5 Å². The zero-order valence-corrected chi connectivity index (χ0v) is 38.2. The second-order valence-electron chi connectivity index (χ2n) is 16.6. The molecule has 0 radical (unpaired) electrons. The van der Waals surface area contributed by atoms with Crippen molar-refractivity contribution in [2.45, 2.75) is 251 Å². The van der Waals surface area contributed by atoms with E-state index in [-0.39, 0.29) is 24.9 Å². The lowest BCUT2D eigenvalue weighted by molar-refractivity contribution is -0.151. The second-order valence-corrected chi connectivity index (χ2v) is 16.6. The number of rotatable bonds is 43. The van der Waals surface area contributed by atoms with Crippen molar-refractivity contribution in [1.82, 2.24) is 5.32 Å². The van der Waals surface area contributed by atoms with Crippen LogP contribution < -0.4 is 5.32 Å². The maximum absolute atomic E-state index is 13.1. The first-order chi connectivity index (χ1) is 28.5. The van der Waals surface area contributed by atoms with Crippen molar-refractivity contribution < 1.29 is 24.5 Å². The highest BCUT2D eigenvalue weighted by atomic mass is 16.5. The maximum atomic E-state index is 13.1. The summed E-state index contributed by atoms with van der Waals surface area (Å²) in [5.41, 5.74) is 0. The second kappa shape index (κ2) is 45.6. The number of hydrogen-bond donors (Lipinski definition) is 3. The summed E-state index contributed by atoms with van der Waals surface area (Å²) in [6, 6.07) is -0.705. The number of carbonyl (C=O) groups excluding carboxylic acids is 2. The molecule has 0 saturated carbocycles. The van der Waals surface area contributed by atoms with Crippen molar-refractivity contribution in [1.29, 1.82) is 0 Å². The van der Waals surface area contributed by atoms with Gasteiger partial charge in [0.25, 0.3) is 0 Å². The molecule has 1 amide bonds. The number of nitrogens with one attached hydrogen (secondary N) is 1. The molecule has 0 aromatic carbocycles. The summed E-state index contributed by atoms with van der Waals surface area (Å²) in [7, 11) is 0. The molecular weight excluding hydrogens is 719 g/mol. The number of carbonyl (C=O) groups is 2. The molecule has 0 spiro atoms. The number of ether oxygens (including phenoxy) is 1. The summed E-state index contributed by atoms with van der Waals surface area (Å²) >= 11 is 0. The Morgan fingerprint density at radius 2 is 0.914 bits per heavy atom. The highest BCUT2D eigenvalue weighted by molar-refractivity contribution is 5.77. The topological polar surface area (TPSA) is 95.9 Å². The Morgan fingerprint density at radius 3 is 1.40 bits per heavy atom. The highest BCUT2D eigenvalue weighted by Crippen LogP contribution is 2.18. The molecule has 0 aliphatic rings. The fourth-order valence-corrected chi connectivity index (χ4v) is 7.22. The van der Waals surface area contributed by atoms with Gasteiger partial charge >= 0.3 is 5.97 Å². The molecule has 0 aliphatic heterocycles. The van der Waals surface area contributed by atoms with Crippen LogP contribution in [0.25, 0.3) is 0 Å². The van der Waals surface area contributed by atoms with Gasteiger partial charge in [-0.05, 0) is 44.9 Å². The normalized spacial score (nSPS) is 13.8. The molecule has 0 aliphatic carbocycles. The molecule has 0 saturated heterocycles. The summed E-state index contributed by atoms with van der Waals surface area (Å²) in [5.74, 6) is -0.503. The van der Waals surface area contributed by atoms with Gasteiger partial charge in [0.15, 0.2) is 0 Å². The lowest BCUT2D eigenvalue weighted by Crippen LogP contribution is -2.46. The van der Waals surface area contributed by atoms with Crippen molar-refractivity contribution in [2.75, 3.05) is 6.61 Å². The fraction of sp³-hybridized carbons (Fsp3) is 0.769. The van der Waals surface area contributed by atoms with Crippen molar-refractivity contribution in [3.8, 4) is 0 Å². The average Bonchev–Trinajstić information content (AvgIpc) is 3.22. The number of aliphatic hydroxyl groups is 2. The summed E-state index contributed by atoms with van der Waals surface area (Å²) in [6.45, 7) is 6.37. The van der Waals surface area contributed by atoms with Crippen LogP contribution in [-0.2, 0) is 14.3 Å². The van der Waals surface area contributed by atoms with E-state index in [0.717, 1.165) is 83.5 Å². The van der Waals surface area contributed by atoms with Gasteiger partial charge in [0.2, 0.25) is 5.91 Å². The number of allylic oxidation sites excluding steroid dienone is 10. The summed E-state index contributed by atoms with van der Waals surface area (Å²) < 4.78 is 5.90. The van der Waals surface area contributed by atoms with Crippen LogP contribution in [0.2, 0.25) is 0 Å². The molecule has 6 heteroatoms. The van der Waals surface area contributed by atoms with E-state index in [1.54, 1.807) is 0 Å². The number of unbranched alkanes of at least 4 members (excludes halogenated alkanes) is 25. The van der Waals surface area contributed by atoms with Gasteiger partial charge in [-0.2, -0.15) is 0 Å². The summed E-state index contributed by atoms with van der Waals surface area (Å²) in [5, 5.41) is 23.7. The first-order valence-corrected chi connectivity index (χ1v) is 24.6. The van der Waals surface area contributed by atoms with Gasteiger partial charge < -0.3 is 20.3 Å². The van der Waals surface area contributed by atoms with Gasteiger partial charge in [-0.15, -0.1) is 0 Å². The smallest absolute Gasteiger partial charge is 0.306 e. The van der Waals surface area contributed by atoms with Crippen LogP contribution in [0.1, 0.15) is 233 Å². The van der Waals surface area contributed by atoms with Crippen LogP contribution in [0.15, 0.2) is 60.8 Å². The van der Waals surface area contributed by atoms with E-state index in [9.17, 15) is 19.8 Å². The monoisotopic (exact) mass is 812 g/mol. The number of hydrogen-bond acceptors (Lipinski definition) is 5. The Kier molecular flexibility index (Phi) is 43.7. The van der Waals surface area contributed by atoms with Crippen LogP contribution in [0.3, 0.4) is 0 Å². The standard InChI is InChI=1S/C52H93NO5/c1-4-7-10-13-16-19-21-23-24-25-26-27-28-30-33-36-39-42-45-52(57)58-48(43-40-37-34-31-18-15-12-9-6-3)46-51(56)53-49(47-54)50(55)44-41-38-35-32-29-22-20-17-14-11-8-5-2/h10,13,16,19,21,23-27,48-50,54-55H,4-9,11-12,14-15,17-18,20,22,28-47H2,1-3H3,(H,53,56)/b13-10+,19-16+,23-21+,25-24+,27-26+. The Hall–Kier alpha value is -2.44. The van der Waals surface area contributed by atoms with Gasteiger partial charge in [-0.25, -0.2) is 0 Å². The van der Waals surface area contributed by atoms with Crippen LogP contribution in [-0.4, -0.2) is 46.9 Å². The van der Waals surface area contributed by atoms with Crippen molar-refractivity contribution >= 4 is 11.9 Å². The van der Waals surface area contributed by atoms with Gasteiger partial charge in [0.1, 0.15) is 6.10 Å². The Balaban J connectivity index is 4.54. The average molecular weight is 812 g/mol. The lowest BCUT2D eigenvalue weighted by Gasteiger charge is -2.24. The molecule has 6 nitrogen and oxygen atoms in total. The van der Waals surface area contributed by atoms with Gasteiger partial charge in [-0.1, -0.05) is 236 Å². The number of esters is 1. The van der Waals surface area contributed by atoms with Crippen LogP contribution >= 0.6 is 0 Å². The molecule has 0 fully saturated rings. The van der Waals surface area contributed by atoms with Crippen molar-refractivity contribution in [3.05, 3.63) is 60.8 Å². The molecule has 0 aromatic rings. The van der Waals surface area contributed by atoms with Crippen LogP contribution in [0.5, 0.6) is 0 Å². The summed E-state index contributed by atoms with van der Waals surface area (Å²) in [4.78, 5) is 26.0. The molecule has 3 N–H and O–H groups in total. The third kappa shape index (κ3) is 40.3. The molecule has 0 aromatic heterocycles. The van der Waals surface area contributed by atoms with E-state index in [1.165, 1.54) is 103 Å². The minimum absolute atomic E-state index is 0.0668. The molecular formula is C52H93NO5. The van der Waals surface area contributed by atoms with E-state index < -0.39 is 18.2 Å². The van der Waals surface area contributed by atoms with Crippen molar-refractivity contribution in [3.63, 3.8) is 0 Å². The molecule has 3 unspecified atom stereocenters. The molecule has 58 heavy (non-hydrogen) atoms. The fourth-order valence-electron chi connectivity index (χ4n) is 7.22. The highest BCUT2D eigenvalue weighted by Gasteiger charge is 2.24. The quantitative estimate of drug-likeness (QED) is 0.0324. The first-order valence-electron chi connectivity index (χ1n) is 24.6. The maximum Gasteiger partial charge on any atom is 0.306 e. The molecule has 0 bridgehead atoms. The largest absolute Gasteiger partial charge is 0.462 e. The van der Waals surface area contributed by atoms with E-state index in [1.807, 2.05) is 24.3 Å². The van der Waals surface area contributed by atoms with Crippen LogP contribution in [0.4, 0.5) is 0 Å². The molecule has 3 atom stereocenters. The molecule has 0 rings (SSSR count). The van der Waals surface area contributed by atoms with E-state index in [4.69, 9.17) is 4.74 Å². The first kappa shape index (κ1) is 55.6. The number of amides is 1. The Labute approximate surface area is 358 Å². The minimum Gasteiger partial charge on any atom is -0.462 e. The van der Waals surface area contributed by atoms with E-state index >= 15 is 0 Å². The van der Waals surface area contributed by atoms with E-state index in [0.29, 0.717) is 19.3 Å². The Morgan fingerprint density at radius 1 is 0.500 bits per heavy atom. The Bertz CT molecular complexity index is 1050. The van der Waals surface area contributed by atoms with Gasteiger partial charge in [0.05, 0.1) is 25.2 Å². The molecule has 336 valence electrons. The predicted octanol–water partition coefficient (Wildman–Crippen LogP) is 14.5. The SMILES string of the molecule is CCC/C=C/C=C/C=C/C=C/C=C/CCCCCCCC(=O)OC(CCCCCCCCCCC)CC(=O)NC(CO)C(O)CCCCCCCCCCCCCC.